The van der Waals surface area contributed by atoms with Crippen LogP contribution in [0.25, 0.3) is 0 Å². The maximum atomic E-state index is 11.0. The summed E-state index contributed by atoms with van der Waals surface area (Å²) in [5.41, 5.74) is 0.439. The molecule has 0 aliphatic rings. The van der Waals surface area contributed by atoms with Crippen molar-refractivity contribution in [2.24, 2.45) is 0 Å². The van der Waals surface area contributed by atoms with E-state index in [9.17, 15) is 4.79 Å². The molecule has 0 spiro atoms. The van der Waals surface area contributed by atoms with Crippen LogP contribution in [0.5, 0.6) is 0 Å². The molecular weight excluding hydrogens is 172 g/mol. The zero-order valence-corrected chi connectivity index (χ0v) is 9.92. The Hall–Kier alpha value is -0.613. The predicted molar refractivity (Wildman–Crippen MR) is 50.9 cm³/mol. The Morgan fingerprint density at radius 2 is 2.25 bits per heavy atom. The zero-order valence-electron chi connectivity index (χ0n) is 7.92. The SMILES string of the molecule is C=C(C)C(=O)OC(C)CCO[SiH3]. The first-order valence-electron chi connectivity index (χ1n) is 3.93. The first kappa shape index (κ1) is 11.4. The van der Waals surface area contributed by atoms with Gasteiger partial charge in [-0.15, -0.1) is 0 Å². The average molecular weight is 188 g/mol. The Balaban J connectivity index is 3.61. The van der Waals surface area contributed by atoms with Crippen LogP contribution >= 0.6 is 0 Å². The van der Waals surface area contributed by atoms with Crippen molar-refractivity contribution in [2.75, 3.05) is 6.61 Å². The predicted octanol–water partition coefficient (Wildman–Crippen LogP) is 0.181. The average Bonchev–Trinajstić information content (AvgIpc) is 2.00. The molecule has 0 aromatic rings. The summed E-state index contributed by atoms with van der Waals surface area (Å²) in [6.07, 6.45) is 0.672. The van der Waals surface area contributed by atoms with Gasteiger partial charge in [0.25, 0.3) is 0 Å². The molecule has 0 heterocycles. The molecule has 0 saturated carbocycles. The third-order valence-electron chi connectivity index (χ3n) is 1.39. The topological polar surface area (TPSA) is 35.5 Å². The standard InChI is InChI=1S/C8H16O3Si/c1-6(2)8(9)11-7(3)4-5-10-12/h7H,1,4-5H2,2-3,12H3. The quantitative estimate of drug-likeness (QED) is 0.351. The fourth-order valence-corrected chi connectivity index (χ4v) is 0.862. The molecule has 0 radical (unpaired) electrons. The second-order valence-corrected chi connectivity index (χ2v) is 3.36. The Morgan fingerprint density at radius 1 is 1.67 bits per heavy atom. The van der Waals surface area contributed by atoms with Gasteiger partial charge < -0.3 is 9.16 Å². The first-order chi connectivity index (χ1) is 5.57. The van der Waals surface area contributed by atoms with Gasteiger partial charge >= 0.3 is 5.97 Å². The molecule has 0 N–H and O–H groups in total. The minimum Gasteiger partial charge on any atom is -0.459 e. The molecule has 0 fully saturated rings. The highest BCUT2D eigenvalue weighted by molar-refractivity contribution is 5.97. The minimum atomic E-state index is -0.323. The van der Waals surface area contributed by atoms with E-state index in [-0.39, 0.29) is 12.1 Å². The molecular formula is C8H16O3Si. The molecule has 12 heavy (non-hydrogen) atoms. The highest BCUT2D eigenvalue weighted by Crippen LogP contribution is 2.01. The van der Waals surface area contributed by atoms with Gasteiger partial charge in [-0.3, -0.25) is 0 Å². The van der Waals surface area contributed by atoms with E-state index in [4.69, 9.17) is 9.16 Å². The van der Waals surface area contributed by atoms with Crippen LogP contribution in [0.15, 0.2) is 12.2 Å². The van der Waals surface area contributed by atoms with Crippen LogP contribution < -0.4 is 0 Å². The first-order valence-corrected chi connectivity index (χ1v) is 4.75. The summed E-state index contributed by atoms with van der Waals surface area (Å²) in [5.74, 6) is -0.323. The van der Waals surface area contributed by atoms with E-state index >= 15 is 0 Å². The van der Waals surface area contributed by atoms with Crippen LogP contribution in [-0.2, 0) is 14.0 Å². The normalized spacial score (nSPS) is 12.5. The number of carbonyl (C=O) groups excluding carboxylic acids is 1. The van der Waals surface area contributed by atoms with E-state index < -0.39 is 0 Å². The van der Waals surface area contributed by atoms with Crippen molar-refractivity contribution >= 4 is 16.5 Å². The molecule has 0 aromatic heterocycles. The van der Waals surface area contributed by atoms with Gasteiger partial charge in [-0.1, -0.05) is 6.58 Å². The Labute approximate surface area is 76.3 Å². The molecule has 3 nitrogen and oxygen atoms in total. The third-order valence-corrected chi connectivity index (χ3v) is 1.79. The summed E-state index contributed by atoms with van der Waals surface area (Å²) >= 11 is 0. The molecule has 0 saturated heterocycles. The monoisotopic (exact) mass is 188 g/mol. The second-order valence-electron chi connectivity index (χ2n) is 2.78. The zero-order chi connectivity index (χ0) is 9.56. The molecule has 0 aliphatic carbocycles. The summed E-state index contributed by atoms with van der Waals surface area (Å²) in [4.78, 5) is 11.0. The lowest BCUT2D eigenvalue weighted by atomic mass is 10.3. The van der Waals surface area contributed by atoms with Gasteiger partial charge in [-0.05, 0) is 13.8 Å². The fourth-order valence-electron chi connectivity index (χ4n) is 0.626. The van der Waals surface area contributed by atoms with E-state index in [2.05, 4.69) is 6.58 Å². The number of hydrogen-bond donors (Lipinski definition) is 0. The molecule has 70 valence electrons. The summed E-state index contributed by atoms with van der Waals surface area (Å²) in [7, 11) is 0.732. The molecule has 0 aromatic carbocycles. The lowest BCUT2D eigenvalue weighted by Crippen LogP contribution is -2.16. The molecule has 0 aliphatic heterocycles. The smallest absolute Gasteiger partial charge is 0.333 e. The number of rotatable bonds is 5. The molecule has 1 atom stereocenters. The molecule has 0 bridgehead atoms. The van der Waals surface area contributed by atoms with Crippen LogP contribution in [0.2, 0.25) is 0 Å². The summed E-state index contributed by atoms with van der Waals surface area (Å²) in [6.45, 7) is 7.64. The van der Waals surface area contributed by atoms with Crippen molar-refractivity contribution in [1.82, 2.24) is 0 Å². The van der Waals surface area contributed by atoms with Crippen molar-refractivity contribution in [3.05, 3.63) is 12.2 Å². The largest absolute Gasteiger partial charge is 0.459 e. The van der Waals surface area contributed by atoms with Crippen LogP contribution in [0.3, 0.4) is 0 Å². The molecule has 1 unspecified atom stereocenters. The maximum absolute atomic E-state index is 11.0. The number of carbonyl (C=O) groups is 1. The van der Waals surface area contributed by atoms with Gasteiger partial charge in [0.1, 0.15) is 16.6 Å². The van der Waals surface area contributed by atoms with Crippen molar-refractivity contribution < 1.29 is 14.0 Å². The van der Waals surface area contributed by atoms with Crippen molar-refractivity contribution in [2.45, 2.75) is 26.4 Å². The lowest BCUT2D eigenvalue weighted by Gasteiger charge is -2.12. The van der Waals surface area contributed by atoms with Crippen molar-refractivity contribution in [3.63, 3.8) is 0 Å². The highest BCUT2D eigenvalue weighted by Gasteiger charge is 2.08. The van der Waals surface area contributed by atoms with Crippen LogP contribution in [0.1, 0.15) is 20.3 Å². The number of ether oxygens (including phenoxy) is 1. The van der Waals surface area contributed by atoms with E-state index in [1.807, 2.05) is 6.92 Å². The highest BCUT2D eigenvalue weighted by atomic mass is 28.2. The minimum absolute atomic E-state index is 0.0804. The van der Waals surface area contributed by atoms with Gasteiger partial charge in [0.2, 0.25) is 0 Å². The molecule has 0 amide bonds. The van der Waals surface area contributed by atoms with Crippen LogP contribution in [-0.4, -0.2) is 29.2 Å². The fraction of sp³-hybridized carbons (Fsp3) is 0.625. The summed E-state index contributed by atoms with van der Waals surface area (Å²) in [5, 5.41) is 0. The number of esters is 1. The van der Waals surface area contributed by atoms with Crippen molar-refractivity contribution in [3.8, 4) is 0 Å². The van der Waals surface area contributed by atoms with E-state index in [1.54, 1.807) is 6.92 Å². The summed E-state index contributed by atoms with van der Waals surface area (Å²) in [6, 6.07) is 0. The van der Waals surface area contributed by atoms with Gasteiger partial charge in [-0.2, -0.15) is 0 Å². The van der Waals surface area contributed by atoms with E-state index in [0.717, 1.165) is 16.9 Å². The maximum Gasteiger partial charge on any atom is 0.333 e. The molecule has 0 rings (SSSR count). The lowest BCUT2D eigenvalue weighted by molar-refractivity contribution is -0.143. The van der Waals surface area contributed by atoms with Crippen LogP contribution in [0, 0.1) is 0 Å². The van der Waals surface area contributed by atoms with E-state index in [0.29, 0.717) is 12.2 Å². The van der Waals surface area contributed by atoms with Gasteiger partial charge in [0, 0.05) is 18.6 Å². The Kier molecular flexibility index (Phi) is 5.66. The van der Waals surface area contributed by atoms with E-state index in [1.165, 1.54) is 0 Å². The van der Waals surface area contributed by atoms with Gasteiger partial charge in [0.05, 0.1) is 0 Å². The second kappa shape index (κ2) is 5.96. The number of hydrogen-bond acceptors (Lipinski definition) is 3. The van der Waals surface area contributed by atoms with Crippen molar-refractivity contribution in [1.29, 1.82) is 0 Å². The third kappa shape index (κ3) is 5.09. The van der Waals surface area contributed by atoms with Gasteiger partial charge in [-0.25, -0.2) is 4.79 Å². The Bertz CT molecular complexity index is 168. The Morgan fingerprint density at radius 3 is 2.67 bits per heavy atom. The summed E-state index contributed by atoms with van der Waals surface area (Å²) < 4.78 is 9.99. The molecule has 4 heteroatoms. The van der Waals surface area contributed by atoms with Gasteiger partial charge in [0.15, 0.2) is 0 Å². The van der Waals surface area contributed by atoms with Crippen LogP contribution in [0.4, 0.5) is 0 Å².